The van der Waals surface area contributed by atoms with Gasteiger partial charge in [0.15, 0.2) is 0 Å². The quantitative estimate of drug-likeness (QED) is 0.608. The Hall–Kier alpha value is -2.91. The molecule has 0 unspecified atom stereocenters. The molecule has 2 atom stereocenters. The average Bonchev–Trinajstić information content (AvgIpc) is 2.71. The van der Waals surface area contributed by atoms with E-state index in [1.807, 2.05) is 67.6 Å². The number of rotatable bonds is 6. The Balaban J connectivity index is 1.93. The number of aliphatic hydroxyl groups excluding tert-OH is 1. The molecule has 0 bridgehead atoms. The maximum absolute atomic E-state index is 10.8. The van der Waals surface area contributed by atoms with Crippen LogP contribution in [0.25, 0.3) is 0 Å². The fourth-order valence-corrected chi connectivity index (χ4v) is 3.27. The van der Waals surface area contributed by atoms with E-state index in [4.69, 9.17) is 0 Å². The monoisotopic (exact) mass is 359 g/mol. The second kappa shape index (κ2) is 8.65. The highest BCUT2D eigenvalue weighted by Gasteiger charge is 2.16. The van der Waals surface area contributed by atoms with E-state index >= 15 is 0 Å². The Bertz CT molecular complexity index is 904. The summed E-state index contributed by atoms with van der Waals surface area (Å²) in [6, 6.07) is 23.4. The molecule has 0 aliphatic heterocycles. The van der Waals surface area contributed by atoms with Crippen molar-refractivity contribution in [2.45, 2.75) is 25.8 Å². The number of aliphatic imine (C=N–C) groups is 1. The first-order valence-electron chi connectivity index (χ1n) is 9.17. The van der Waals surface area contributed by atoms with Gasteiger partial charge in [-0.25, -0.2) is 0 Å². The molecule has 138 valence electrons. The Morgan fingerprint density at radius 3 is 2.11 bits per heavy atom. The molecule has 0 saturated carbocycles. The molecule has 0 aliphatic carbocycles. The average molecular weight is 359 g/mol. The van der Waals surface area contributed by atoms with E-state index in [-0.39, 0.29) is 24.3 Å². The standard InChI is InChI=1S/C24H25NO2/c1-17-13-21(15-25-23(16-26)20-11-7-4-8-12-20)24(27)22(14-17)18(2)19-9-5-3-6-10-19/h3-15,18,23,26-27H,16H2,1-2H3/t18-,23+/m1/s1. The van der Waals surface area contributed by atoms with Crippen LogP contribution in [0.2, 0.25) is 0 Å². The zero-order chi connectivity index (χ0) is 19.2. The second-order valence-corrected chi connectivity index (χ2v) is 6.81. The van der Waals surface area contributed by atoms with Crippen LogP contribution in [0, 0.1) is 6.92 Å². The molecule has 0 radical (unpaired) electrons. The Kier molecular flexibility index (Phi) is 6.05. The predicted octanol–water partition coefficient (Wildman–Crippen LogP) is 5.00. The molecular weight excluding hydrogens is 334 g/mol. The number of benzene rings is 3. The van der Waals surface area contributed by atoms with Crippen LogP contribution in [0.1, 0.15) is 46.7 Å². The molecule has 2 N–H and O–H groups in total. The summed E-state index contributed by atoms with van der Waals surface area (Å²) < 4.78 is 0. The lowest BCUT2D eigenvalue weighted by Crippen LogP contribution is -2.03. The van der Waals surface area contributed by atoms with E-state index in [1.165, 1.54) is 0 Å². The van der Waals surface area contributed by atoms with Crippen LogP contribution in [-0.2, 0) is 0 Å². The first kappa shape index (κ1) is 18.9. The maximum atomic E-state index is 10.8. The van der Waals surface area contributed by atoms with E-state index in [2.05, 4.69) is 24.0 Å². The third kappa shape index (κ3) is 4.44. The number of aromatic hydroxyl groups is 1. The van der Waals surface area contributed by atoms with Crippen LogP contribution in [-0.4, -0.2) is 23.0 Å². The SMILES string of the molecule is Cc1cc(C=N[C@@H](CO)c2ccccc2)c(O)c([C@H](C)c2ccccc2)c1. The molecule has 0 heterocycles. The number of phenolic OH excluding ortho intramolecular Hbond substituents is 1. The molecular formula is C24H25NO2. The first-order chi connectivity index (χ1) is 13.1. The minimum Gasteiger partial charge on any atom is -0.507 e. The Morgan fingerprint density at radius 2 is 1.52 bits per heavy atom. The van der Waals surface area contributed by atoms with Crippen LogP contribution < -0.4 is 0 Å². The third-order valence-corrected chi connectivity index (χ3v) is 4.83. The largest absolute Gasteiger partial charge is 0.507 e. The minimum absolute atomic E-state index is 0.0704. The second-order valence-electron chi connectivity index (χ2n) is 6.81. The smallest absolute Gasteiger partial charge is 0.128 e. The number of hydrogen-bond donors (Lipinski definition) is 2. The molecule has 0 spiro atoms. The van der Waals surface area contributed by atoms with Crippen LogP contribution in [0.5, 0.6) is 5.75 Å². The molecule has 3 aromatic carbocycles. The molecule has 0 aliphatic rings. The zero-order valence-corrected chi connectivity index (χ0v) is 15.7. The lowest BCUT2D eigenvalue weighted by molar-refractivity contribution is 0.269. The highest BCUT2D eigenvalue weighted by atomic mass is 16.3. The predicted molar refractivity (Wildman–Crippen MR) is 111 cm³/mol. The van der Waals surface area contributed by atoms with Crippen molar-refractivity contribution >= 4 is 6.21 Å². The van der Waals surface area contributed by atoms with Crippen LogP contribution in [0.3, 0.4) is 0 Å². The van der Waals surface area contributed by atoms with Gasteiger partial charge in [-0.05, 0) is 29.7 Å². The van der Waals surface area contributed by atoms with Gasteiger partial charge in [0.1, 0.15) is 5.75 Å². The van der Waals surface area contributed by atoms with Crippen molar-refractivity contribution in [3.63, 3.8) is 0 Å². The molecule has 3 heteroatoms. The maximum Gasteiger partial charge on any atom is 0.128 e. The Labute approximate surface area is 160 Å². The summed E-state index contributed by atoms with van der Waals surface area (Å²) in [6.07, 6.45) is 1.66. The summed E-state index contributed by atoms with van der Waals surface area (Å²) in [5.74, 6) is 0.312. The number of phenols is 1. The van der Waals surface area contributed by atoms with E-state index in [0.29, 0.717) is 5.56 Å². The van der Waals surface area contributed by atoms with E-state index < -0.39 is 0 Å². The highest BCUT2D eigenvalue weighted by Crippen LogP contribution is 2.34. The van der Waals surface area contributed by atoms with Gasteiger partial charge in [0, 0.05) is 23.3 Å². The van der Waals surface area contributed by atoms with Gasteiger partial charge in [-0.2, -0.15) is 0 Å². The van der Waals surface area contributed by atoms with Gasteiger partial charge in [0.05, 0.1) is 12.6 Å². The number of nitrogens with zero attached hydrogens (tertiary/aromatic N) is 1. The highest BCUT2D eigenvalue weighted by molar-refractivity contribution is 5.85. The lowest BCUT2D eigenvalue weighted by Gasteiger charge is -2.17. The van der Waals surface area contributed by atoms with Gasteiger partial charge < -0.3 is 10.2 Å². The van der Waals surface area contributed by atoms with Crippen molar-refractivity contribution in [2.24, 2.45) is 4.99 Å². The molecule has 0 amide bonds. The summed E-state index contributed by atoms with van der Waals surface area (Å²) in [6.45, 7) is 4.02. The van der Waals surface area contributed by atoms with Crippen LogP contribution in [0.4, 0.5) is 0 Å². The lowest BCUT2D eigenvalue weighted by atomic mass is 9.90. The van der Waals surface area contributed by atoms with Gasteiger partial charge in [-0.15, -0.1) is 0 Å². The topological polar surface area (TPSA) is 52.8 Å². The van der Waals surface area contributed by atoms with Crippen LogP contribution >= 0.6 is 0 Å². The Morgan fingerprint density at radius 1 is 0.926 bits per heavy atom. The summed E-state index contributed by atoms with van der Waals surface area (Å²) in [5.41, 5.74) is 4.71. The molecule has 3 nitrogen and oxygen atoms in total. The summed E-state index contributed by atoms with van der Waals surface area (Å²) in [5, 5.41) is 20.5. The van der Waals surface area contributed by atoms with Crippen molar-refractivity contribution in [3.05, 3.63) is 101 Å². The van der Waals surface area contributed by atoms with Crippen LogP contribution in [0.15, 0.2) is 77.8 Å². The van der Waals surface area contributed by atoms with Gasteiger partial charge in [0.2, 0.25) is 0 Å². The summed E-state index contributed by atoms with van der Waals surface area (Å²) in [7, 11) is 0. The van der Waals surface area contributed by atoms with E-state index in [9.17, 15) is 10.2 Å². The number of aryl methyl sites for hydroxylation is 1. The summed E-state index contributed by atoms with van der Waals surface area (Å²) in [4.78, 5) is 4.52. The van der Waals surface area contributed by atoms with Gasteiger partial charge >= 0.3 is 0 Å². The molecule has 0 aromatic heterocycles. The van der Waals surface area contributed by atoms with Crippen molar-refractivity contribution < 1.29 is 10.2 Å². The molecule has 3 rings (SSSR count). The van der Waals surface area contributed by atoms with Crippen molar-refractivity contribution in [3.8, 4) is 5.75 Å². The van der Waals surface area contributed by atoms with Crippen molar-refractivity contribution in [2.75, 3.05) is 6.61 Å². The van der Waals surface area contributed by atoms with E-state index in [1.54, 1.807) is 6.21 Å². The third-order valence-electron chi connectivity index (χ3n) is 4.83. The van der Waals surface area contributed by atoms with Gasteiger partial charge in [0.25, 0.3) is 0 Å². The minimum atomic E-state index is -0.346. The first-order valence-corrected chi connectivity index (χ1v) is 9.17. The van der Waals surface area contributed by atoms with Crippen molar-refractivity contribution in [1.29, 1.82) is 0 Å². The molecule has 3 aromatic rings. The fraction of sp³-hybridized carbons (Fsp3) is 0.208. The van der Waals surface area contributed by atoms with Gasteiger partial charge in [-0.3, -0.25) is 4.99 Å². The molecule has 0 saturated heterocycles. The zero-order valence-electron chi connectivity index (χ0n) is 15.7. The molecule has 0 fully saturated rings. The molecule has 27 heavy (non-hydrogen) atoms. The number of hydrogen-bond acceptors (Lipinski definition) is 3. The van der Waals surface area contributed by atoms with E-state index in [0.717, 1.165) is 22.3 Å². The normalized spacial score (nSPS) is 13.6. The fourth-order valence-electron chi connectivity index (χ4n) is 3.27. The number of aliphatic hydroxyl groups is 1. The summed E-state index contributed by atoms with van der Waals surface area (Å²) >= 11 is 0. The van der Waals surface area contributed by atoms with Gasteiger partial charge in [-0.1, -0.05) is 73.7 Å². The van der Waals surface area contributed by atoms with Crippen molar-refractivity contribution in [1.82, 2.24) is 0 Å².